The first kappa shape index (κ1) is 20.6. The standard InChI is InChI=1S/C19H27N3O5S/c1-20-15-7-6-14(19(24)21-16-9-12-4-5-13(16)8-12)10-17(15)28(25,26)22(2)11-18(23)27-3/h6-7,10,12-13,16,20H,4-5,8-9,11H2,1-3H3,(H,21,24). The van der Waals surface area contributed by atoms with E-state index in [1.807, 2.05) is 0 Å². The number of nitrogens with zero attached hydrogens (tertiary/aromatic N) is 1. The van der Waals surface area contributed by atoms with E-state index in [1.54, 1.807) is 19.2 Å². The van der Waals surface area contributed by atoms with Crippen LogP contribution in [0.1, 0.15) is 36.0 Å². The molecule has 28 heavy (non-hydrogen) atoms. The highest BCUT2D eigenvalue weighted by atomic mass is 32.2. The van der Waals surface area contributed by atoms with Gasteiger partial charge < -0.3 is 15.4 Å². The number of likely N-dealkylation sites (N-methyl/N-ethyl adjacent to an activating group) is 1. The van der Waals surface area contributed by atoms with Crippen molar-refractivity contribution in [1.29, 1.82) is 0 Å². The summed E-state index contributed by atoms with van der Waals surface area (Å²) in [6.45, 7) is -0.413. The summed E-state index contributed by atoms with van der Waals surface area (Å²) in [5, 5.41) is 5.90. The number of benzene rings is 1. The fourth-order valence-corrected chi connectivity index (χ4v) is 5.59. The van der Waals surface area contributed by atoms with Gasteiger partial charge in [0, 0.05) is 25.7 Å². The average Bonchev–Trinajstić information content (AvgIpc) is 3.30. The van der Waals surface area contributed by atoms with E-state index in [2.05, 4.69) is 15.4 Å². The molecule has 3 unspecified atom stereocenters. The molecule has 2 aliphatic rings. The topological polar surface area (TPSA) is 105 Å². The van der Waals surface area contributed by atoms with E-state index >= 15 is 0 Å². The molecule has 1 amide bonds. The average molecular weight is 410 g/mol. The first-order valence-electron chi connectivity index (χ1n) is 9.42. The van der Waals surface area contributed by atoms with Crippen LogP contribution >= 0.6 is 0 Å². The van der Waals surface area contributed by atoms with Gasteiger partial charge in [-0.25, -0.2) is 8.42 Å². The molecule has 154 valence electrons. The van der Waals surface area contributed by atoms with E-state index in [-0.39, 0.29) is 22.4 Å². The molecule has 3 rings (SSSR count). The van der Waals surface area contributed by atoms with Crippen LogP contribution in [-0.4, -0.2) is 58.4 Å². The fourth-order valence-electron chi connectivity index (χ4n) is 4.26. The van der Waals surface area contributed by atoms with Gasteiger partial charge in [0.05, 0.1) is 12.8 Å². The Kier molecular flexibility index (Phi) is 5.95. The summed E-state index contributed by atoms with van der Waals surface area (Å²) >= 11 is 0. The highest BCUT2D eigenvalue weighted by Gasteiger charge is 2.40. The maximum absolute atomic E-state index is 12.9. The fraction of sp³-hybridized carbons (Fsp3) is 0.579. The minimum Gasteiger partial charge on any atom is -0.468 e. The second-order valence-electron chi connectivity index (χ2n) is 7.55. The largest absolute Gasteiger partial charge is 0.468 e. The summed E-state index contributed by atoms with van der Waals surface area (Å²) in [5.41, 5.74) is 0.639. The molecule has 0 aromatic heterocycles. The van der Waals surface area contributed by atoms with Gasteiger partial charge >= 0.3 is 5.97 Å². The van der Waals surface area contributed by atoms with E-state index in [0.717, 1.165) is 17.1 Å². The molecule has 0 radical (unpaired) electrons. The molecule has 2 saturated carbocycles. The Labute approximate surface area is 165 Å². The van der Waals surface area contributed by atoms with E-state index in [1.165, 1.54) is 33.1 Å². The zero-order valence-electron chi connectivity index (χ0n) is 16.4. The highest BCUT2D eigenvalue weighted by molar-refractivity contribution is 7.89. The molecule has 1 aromatic carbocycles. The molecule has 1 aromatic rings. The van der Waals surface area contributed by atoms with Crippen molar-refractivity contribution in [3.63, 3.8) is 0 Å². The predicted molar refractivity (Wildman–Crippen MR) is 105 cm³/mol. The Morgan fingerprint density at radius 3 is 2.57 bits per heavy atom. The number of rotatable bonds is 7. The molecule has 3 atom stereocenters. The van der Waals surface area contributed by atoms with Crippen molar-refractivity contribution in [3.8, 4) is 0 Å². The molecular formula is C19H27N3O5S. The quantitative estimate of drug-likeness (QED) is 0.661. The van der Waals surface area contributed by atoms with Crippen molar-refractivity contribution in [2.75, 3.05) is 33.1 Å². The van der Waals surface area contributed by atoms with Crippen molar-refractivity contribution in [1.82, 2.24) is 9.62 Å². The lowest BCUT2D eigenvalue weighted by atomic mass is 9.95. The third-order valence-corrected chi connectivity index (χ3v) is 7.68. The van der Waals surface area contributed by atoms with Crippen molar-refractivity contribution in [3.05, 3.63) is 23.8 Å². The second kappa shape index (κ2) is 8.08. The Morgan fingerprint density at radius 1 is 1.25 bits per heavy atom. The maximum Gasteiger partial charge on any atom is 0.321 e. The van der Waals surface area contributed by atoms with E-state index < -0.39 is 22.5 Å². The van der Waals surface area contributed by atoms with Gasteiger partial charge in [0.25, 0.3) is 5.91 Å². The molecule has 9 heteroatoms. The van der Waals surface area contributed by atoms with Gasteiger partial charge in [0.2, 0.25) is 10.0 Å². The van der Waals surface area contributed by atoms with Crippen molar-refractivity contribution < 1.29 is 22.7 Å². The summed E-state index contributed by atoms with van der Waals surface area (Å²) in [5.74, 6) is 0.291. The number of nitrogens with one attached hydrogen (secondary N) is 2. The lowest BCUT2D eigenvalue weighted by Gasteiger charge is -2.23. The van der Waals surface area contributed by atoms with Gasteiger partial charge in [-0.1, -0.05) is 6.42 Å². The van der Waals surface area contributed by atoms with Crippen LogP contribution in [0.25, 0.3) is 0 Å². The van der Waals surface area contributed by atoms with Crippen molar-refractivity contribution >= 4 is 27.6 Å². The number of sulfonamides is 1. The lowest BCUT2D eigenvalue weighted by molar-refractivity contribution is -0.140. The van der Waals surface area contributed by atoms with Crippen LogP contribution < -0.4 is 10.6 Å². The molecule has 0 heterocycles. The van der Waals surface area contributed by atoms with Gasteiger partial charge in [-0.05, 0) is 49.3 Å². The van der Waals surface area contributed by atoms with Crippen molar-refractivity contribution in [2.24, 2.45) is 11.8 Å². The van der Waals surface area contributed by atoms with Gasteiger partial charge in [-0.2, -0.15) is 4.31 Å². The summed E-state index contributed by atoms with van der Waals surface area (Å²) in [4.78, 5) is 24.2. The van der Waals surface area contributed by atoms with Crippen LogP contribution in [0.5, 0.6) is 0 Å². The third kappa shape index (κ3) is 4.00. The molecule has 2 N–H and O–H groups in total. The van der Waals surface area contributed by atoms with Gasteiger partial charge in [0.15, 0.2) is 0 Å². The number of amides is 1. The van der Waals surface area contributed by atoms with Crippen LogP contribution in [0.3, 0.4) is 0 Å². The molecule has 0 spiro atoms. The molecular weight excluding hydrogens is 382 g/mol. The van der Waals surface area contributed by atoms with Crippen molar-refractivity contribution in [2.45, 2.75) is 36.6 Å². The third-order valence-electron chi connectivity index (χ3n) is 5.84. The molecule has 2 fully saturated rings. The molecule has 2 bridgehead atoms. The molecule has 0 saturated heterocycles. The Balaban J connectivity index is 1.83. The number of fused-ring (bicyclic) bond motifs is 2. The summed E-state index contributed by atoms with van der Waals surface area (Å²) in [7, 11) is 0.109. The van der Waals surface area contributed by atoms with Crippen LogP contribution in [0.2, 0.25) is 0 Å². The molecule has 8 nitrogen and oxygen atoms in total. The monoisotopic (exact) mass is 409 g/mol. The normalized spacial score (nSPS) is 23.6. The van der Waals surface area contributed by atoms with E-state index in [9.17, 15) is 18.0 Å². The lowest BCUT2D eigenvalue weighted by Crippen LogP contribution is -2.38. The summed E-state index contributed by atoms with van der Waals surface area (Å²) < 4.78 is 31.3. The predicted octanol–water partition coefficient (Wildman–Crippen LogP) is 1.44. The zero-order valence-corrected chi connectivity index (χ0v) is 17.2. The maximum atomic E-state index is 12.9. The zero-order chi connectivity index (χ0) is 20.5. The summed E-state index contributed by atoms with van der Waals surface area (Å²) in [6.07, 6.45) is 4.55. The SMILES string of the molecule is CNc1ccc(C(=O)NC2CC3CCC2C3)cc1S(=O)(=O)N(C)CC(=O)OC. The number of methoxy groups -OCH3 is 1. The minimum atomic E-state index is -3.99. The van der Waals surface area contributed by atoms with E-state index in [0.29, 0.717) is 17.5 Å². The van der Waals surface area contributed by atoms with Gasteiger partial charge in [0.1, 0.15) is 11.4 Å². The number of esters is 1. The smallest absolute Gasteiger partial charge is 0.321 e. The number of hydrogen-bond acceptors (Lipinski definition) is 6. The Morgan fingerprint density at radius 2 is 2.00 bits per heavy atom. The van der Waals surface area contributed by atoms with Crippen LogP contribution in [0.15, 0.2) is 23.1 Å². The number of carbonyl (C=O) groups is 2. The highest BCUT2D eigenvalue weighted by Crippen LogP contribution is 2.44. The second-order valence-corrected chi connectivity index (χ2v) is 9.57. The minimum absolute atomic E-state index is 0.0537. The van der Waals surface area contributed by atoms with Crippen LogP contribution in [0.4, 0.5) is 5.69 Å². The summed E-state index contributed by atoms with van der Waals surface area (Å²) in [6, 6.07) is 4.69. The number of hydrogen-bond donors (Lipinski definition) is 2. The van der Waals surface area contributed by atoms with Gasteiger partial charge in [-0.15, -0.1) is 0 Å². The Bertz CT molecular complexity index is 870. The van der Waals surface area contributed by atoms with Gasteiger partial charge in [-0.3, -0.25) is 9.59 Å². The first-order valence-corrected chi connectivity index (χ1v) is 10.9. The number of ether oxygens (including phenoxy) is 1. The molecule has 2 aliphatic carbocycles. The van der Waals surface area contributed by atoms with E-state index in [4.69, 9.17) is 0 Å². The first-order chi connectivity index (χ1) is 13.3. The van der Waals surface area contributed by atoms with Crippen LogP contribution in [0, 0.1) is 11.8 Å². The van der Waals surface area contributed by atoms with Crippen LogP contribution in [-0.2, 0) is 19.6 Å². The Hall–Kier alpha value is -2.13. The number of carbonyl (C=O) groups excluding carboxylic acids is 2. The molecule has 0 aliphatic heterocycles. The number of anilines is 1.